The fourth-order valence-electron chi connectivity index (χ4n) is 2.29. The SMILES string of the molecule is CN(c1ccc(Cl)c(CN)n1)C1CCCC1. The summed E-state index contributed by atoms with van der Waals surface area (Å²) in [4.78, 5) is 6.76. The molecule has 2 N–H and O–H groups in total. The lowest BCUT2D eigenvalue weighted by Crippen LogP contribution is -2.29. The van der Waals surface area contributed by atoms with Crippen molar-refractivity contribution in [1.29, 1.82) is 0 Å². The van der Waals surface area contributed by atoms with Gasteiger partial charge in [0.2, 0.25) is 0 Å². The molecule has 1 saturated carbocycles. The van der Waals surface area contributed by atoms with Gasteiger partial charge in [0.25, 0.3) is 0 Å². The Kier molecular flexibility index (Phi) is 3.66. The summed E-state index contributed by atoms with van der Waals surface area (Å²) in [5.74, 6) is 0.983. The molecule has 1 fully saturated rings. The highest BCUT2D eigenvalue weighted by Gasteiger charge is 2.20. The molecule has 4 heteroatoms. The molecule has 1 aromatic rings. The number of halogens is 1. The Morgan fingerprint density at radius 1 is 1.44 bits per heavy atom. The van der Waals surface area contributed by atoms with Crippen molar-refractivity contribution in [2.75, 3.05) is 11.9 Å². The molecule has 0 unspecified atom stereocenters. The number of nitrogens with zero attached hydrogens (tertiary/aromatic N) is 2. The quantitative estimate of drug-likeness (QED) is 0.882. The Balaban J connectivity index is 2.19. The van der Waals surface area contributed by atoms with Crippen LogP contribution < -0.4 is 10.6 Å². The predicted molar refractivity (Wildman–Crippen MR) is 67.8 cm³/mol. The van der Waals surface area contributed by atoms with Crippen molar-refractivity contribution < 1.29 is 0 Å². The van der Waals surface area contributed by atoms with Crippen LogP contribution in [0.4, 0.5) is 5.82 Å². The summed E-state index contributed by atoms with van der Waals surface area (Å²) < 4.78 is 0. The van der Waals surface area contributed by atoms with E-state index in [1.165, 1.54) is 25.7 Å². The van der Waals surface area contributed by atoms with E-state index in [-0.39, 0.29) is 0 Å². The largest absolute Gasteiger partial charge is 0.357 e. The Morgan fingerprint density at radius 3 is 2.75 bits per heavy atom. The zero-order chi connectivity index (χ0) is 11.5. The maximum atomic E-state index is 6.00. The lowest BCUT2D eigenvalue weighted by Gasteiger charge is -2.25. The Labute approximate surface area is 102 Å². The first-order chi connectivity index (χ1) is 7.72. The minimum atomic E-state index is 0.394. The van der Waals surface area contributed by atoms with Crippen molar-refractivity contribution in [3.05, 3.63) is 22.8 Å². The Bertz CT molecular complexity index is 361. The number of nitrogens with two attached hydrogens (primary N) is 1. The average Bonchev–Trinajstić information content (AvgIpc) is 2.82. The third kappa shape index (κ3) is 2.30. The first-order valence-corrected chi connectivity index (χ1v) is 6.18. The minimum Gasteiger partial charge on any atom is -0.357 e. The van der Waals surface area contributed by atoms with E-state index in [1.54, 1.807) is 0 Å². The zero-order valence-corrected chi connectivity index (χ0v) is 10.4. The summed E-state index contributed by atoms with van der Waals surface area (Å²) in [6.45, 7) is 0.394. The number of pyridine rings is 1. The maximum Gasteiger partial charge on any atom is 0.128 e. The summed E-state index contributed by atoms with van der Waals surface area (Å²) in [5.41, 5.74) is 6.39. The lowest BCUT2D eigenvalue weighted by atomic mass is 10.2. The van der Waals surface area contributed by atoms with Gasteiger partial charge in [0.15, 0.2) is 0 Å². The zero-order valence-electron chi connectivity index (χ0n) is 9.62. The van der Waals surface area contributed by atoms with E-state index in [1.807, 2.05) is 12.1 Å². The molecule has 0 radical (unpaired) electrons. The van der Waals surface area contributed by atoms with Crippen molar-refractivity contribution in [1.82, 2.24) is 4.98 Å². The molecule has 16 heavy (non-hydrogen) atoms. The third-order valence-electron chi connectivity index (χ3n) is 3.33. The first kappa shape index (κ1) is 11.7. The molecule has 1 aliphatic carbocycles. The van der Waals surface area contributed by atoms with Crippen molar-refractivity contribution in [2.24, 2.45) is 5.73 Å². The van der Waals surface area contributed by atoms with Crippen LogP contribution >= 0.6 is 11.6 Å². The number of aromatic nitrogens is 1. The molecule has 0 aliphatic heterocycles. The number of hydrogen-bond acceptors (Lipinski definition) is 3. The van der Waals surface area contributed by atoms with Crippen molar-refractivity contribution in [3.63, 3.8) is 0 Å². The molecule has 1 heterocycles. The van der Waals surface area contributed by atoms with Crippen molar-refractivity contribution >= 4 is 17.4 Å². The highest BCUT2D eigenvalue weighted by molar-refractivity contribution is 6.31. The van der Waals surface area contributed by atoms with E-state index in [2.05, 4.69) is 16.9 Å². The topological polar surface area (TPSA) is 42.1 Å². The summed E-state index contributed by atoms with van der Waals surface area (Å²) in [5, 5.41) is 0.658. The number of rotatable bonds is 3. The summed E-state index contributed by atoms with van der Waals surface area (Å²) >= 11 is 6.00. The van der Waals surface area contributed by atoms with Gasteiger partial charge in [-0.15, -0.1) is 0 Å². The van der Waals surface area contributed by atoms with E-state index in [0.717, 1.165) is 11.5 Å². The molecule has 0 aromatic carbocycles. The van der Waals surface area contributed by atoms with Crippen LogP contribution in [-0.2, 0) is 6.54 Å². The van der Waals surface area contributed by atoms with Crippen LogP contribution in [0.2, 0.25) is 5.02 Å². The van der Waals surface area contributed by atoms with Gasteiger partial charge in [0.1, 0.15) is 5.82 Å². The molecule has 1 aliphatic rings. The van der Waals surface area contributed by atoms with Crippen LogP contribution in [0.5, 0.6) is 0 Å². The second-order valence-corrected chi connectivity index (χ2v) is 4.76. The second kappa shape index (κ2) is 5.02. The maximum absolute atomic E-state index is 6.00. The highest BCUT2D eigenvalue weighted by Crippen LogP contribution is 2.27. The lowest BCUT2D eigenvalue weighted by molar-refractivity contribution is 0.645. The van der Waals surface area contributed by atoms with Crippen LogP contribution in [0, 0.1) is 0 Å². The highest BCUT2D eigenvalue weighted by atomic mass is 35.5. The van der Waals surface area contributed by atoms with Gasteiger partial charge in [-0.1, -0.05) is 24.4 Å². The molecule has 0 spiro atoms. The molecular weight excluding hydrogens is 222 g/mol. The van der Waals surface area contributed by atoms with E-state index in [9.17, 15) is 0 Å². The number of anilines is 1. The van der Waals surface area contributed by atoms with Gasteiger partial charge >= 0.3 is 0 Å². The second-order valence-electron chi connectivity index (χ2n) is 4.35. The number of hydrogen-bond donors (Lipinski definition) is 1. The van der Waals surface area contributed by atoms with Gasteiger partial charge in [-0.3, -0.25) is 0 Å². The molecule has 0 saturated heterocycles. The summed E-state index contributed by atoms with van der Waals surface area (Å²) in [7, 11) is 2.10. The van der Waals surface area contributed by atoms with Gasteiger partial charge < -0.3 is 10.6 Å². The minimum absolute atomic E-state index is 0.394. The van der Waals surface area contributed by atoms with Gasteiger partial charge in [0.05, 0.1) is 10.7 Å². The third-order valence-corrected chi connectivity index (χ3v) is 3.68. The van der Waals surface area contributed by atoms with Gasteiger partial charge in [-0.05, 0) is 25.0 Å². The Hall–Kier alpha value is -0.800. The van der Waals surface area contributed by atoms with Crippen LogP contribution in [0.15, 0.2) is 12.1 Å². The normalized spacial score (nSPS) is 16.7. The molecule has 0 atom stereocenters. The standard InChI is InChI=1S/C12H18ClN3/c1-16(9-4-2-3-5-9)12-7-6-10(13)11(8-14)15-12/h6-7,9H,2-5,8,14H2,1H3. The molecule has 88 valence electrons. The van der Waals surface area contributed by atoms with Gasteiger partial charge in [0, 0.05) is 19.6 Å². The summed E-state index contributed by atoms with van der Waals surface area (Å²) in [6.07, 6.45) is 5.18. The van der Waals surface area contributed by atoms with E-state index in [0.29, 0.717) is 17.6 Å². The monoisotopic (exact) mass is 239 g/mol. The molecule has 1 aromatic heterocycles. The van der Waals surface area contributed by atoms with Crippen LogP contribution in [0.25, 0.3) is 0 Å². The van der Waals surface area contributed by atoms with E-state index >= 15 is 0 Å². The van der Waals surface area contributed by atoms with Crippen LogP contribution in [0.3, 0.4) is 0 Å². The van der Waals surface area contributed by atoms with E-state index < -0.39 is 0 Å². The smallest absolute Gasteiger partial charge is 0.128 e. The van der Waals surface area contributed by atoms with Crippen LogP contribution in [0.1, 0.15) is 31.4 Å². The molecule has 0 bridgehead atoms. The fraction of sp³-hybridized carbons (Fsp3) is 0.583. The Morgan fingerprint density at radius 2 is 2.12 bits per heavy atom. The van der Waals surface area contributed by atoms with E-state index in [4.69, 9.17) is 17.3 Å². The summed E-state index contributed by atoms with van der Waals surface area (Å²) in [6, 6.07) is 4.48. The predicted octanol–water partition coefficient (Wildman–Crippen LogP) is 2.57. The van der Waals surface area contributed by atoms with Gasteiger partial charge in [-0.25, -0.2) is 4.98 Å². The molecule has 0 amide bonds. The average molecular weight is 240 g/mol. The molecule has 2 rings (SSSR count). The van der Waals surface area contributed by atoms with Crippen LogP contribution in [-0.4, -0.2) is 18.1 Å². The molecule has 3 nitrogen and oxygen atoms in total. The fourth-order valence-corrected chi connectivity index (χ4v) is 2.47. The van der Waals surface area contributed by atoms with Crippen molar-refractivity contribution in [2.45, 2.75) is 38.3 Å². The first-order valence-electron chi connectivity index (χ1n) is 5.80. The van der Waals surface area contributed by atoms with Crippen molar-refractivity contribution in [3.8, 4) is 0 Å². The molecular formula is C12H18ClN3. The van der Waals surface area contributed by atoms with Gasteiger partial charge in [-0.2, -0.15) is 0 Å².